The molecule has 0 fully saturated rings. The largest absolute Gasteiger partial charge is 0.300 e. The second kappa shape index (κ2) is 7.15. The van der Waals surface area contributed by atoms with Crippen LogP contribution < -0.4 is 0 Å². The Morgan fingerprint density at radius 3 is 2.57 bits per heavy atom. The van der Waals surface area contributed by atoms with Crippen LogP contribution in [0, 0.1) is 5.82 Å². The lowest BCUT2D eigenvalue weighted by atomic mass is 10.1. The lowest BCUT2D eigenvalue weighted by Crippen LogP contribution is -2.20. The molecule has 1 aromatic carbocycles. The highest BCUT2D eigenvalue weighted by molar-refractivity contribution is 5.58. The standard InChI is InChI=1S/C18H19FN4/c1-23(11-8-14-6-9-20-10-7-14)13-17-12-18(22-21-17)15-2-4-16(19)5-3-15/h2-7,9-10,12H,8,11,13H2,1H3,(H,21,22). The average Bonchev–Trinajstić information content (AvgIpc) is 3.03. The number of nitrogens with zero attached hydrogens (tertiary/aromatic N) is 3. The van der Waals surface area contributed by atoms with Gasteiger partial charge in [0.2, 0.25) is 0 Å². The van der Waals surface area contributed by atoms with Gasteiger partial charge >= 0.3 is 0 Å². The molecule has 0 aliphatic heterocycles. The molecule has 0 spiro atoms. The summed E-state index contributed by atoms with van der Waals surface area (Å²) < 4.78 is 13.0. The van der Waals surface area contributed by atoms with Crippen molar-refractivity contribution in [3.8, 4) is 11.3 Å². The lowest BCUT2D eigenvalue weighted by molar-refractivity contribution is 0.327. The molecule has 2 aromatic heterocycles. The average molecular weight is 310 g/mol. The SMILES string of the molecule is CN(CCc1ccncc1)Cc1cc(-c2ccc(F)cc2)n[nH]1. The molecule has 0 unspecified atom stereocenters. The number of H-pyrrole nitrogens is 1. The number of nitrogens with one attached hydrogen (secondary N) is 1. The fourth-order valence-corrected chi connectivity index (χ4v) is 2.45. The maximum Gasteiger partial charge on any atom is 0.123 e. The van der Waals surface area contributed by atoms with Gasteiger partial charge < -0.3 is 4.90 Å². The van der Waals surface area contributed by atoms with Crippen molar-refractivity contribution in [1.29, 1.82) is 0 Å². The van der Waals surface area contributed by atoms with Crippen molar-refractivity contribution in [2.75, 3.05) is 13.6 Å². The summed E-state index contributed by atoms with van der Waals surface area (Å²) in [5.41, 5.74) is 4.07. The molecule has 0 atom stereocenters. The zero-order valence-corrected chi connectivity index (χ0v) is 13.0. The first-order valence-electron chi connectivity index (χ1n) is 7.58. The number of aromatic nitrogens is 3. The number of halogens is 1. The van der Waals surface area contributed by atoms with Gasteiger partial charge in [0.25, 0.3) is 0 Å². The first kappa shape index (κ1) is 15.4. The van der Waals surface area contributed by atoms with Crippen LogP contribution in [0.2, 0.25) is 0 Å². The van der Waals surface area contributed by atoms with E-state index in [0.717, 1.165) is 36.5 Å². The van der Waals surface area contributed by atoms with E-state index in [1.807, 2.05) is 30.6 Å². The van der Waals surface area contributed by atoms with Crippen LogP contribution in [-0.2, 0) is 13.0 Å². The predicted molar refractivity (Wildman–Crippen MR) is 88.3 cm³/mol. The summed E-state index contributed by atoms with van der Waals surface area (Å²) in [6.07, 6.45) is 4.62. The predicted octanol–water partition coefficient (Wildman–Crippen LogP) is 3.29. The number of aromatic amines is 1. The maximum absolute atomic E-state index is 13.0. The topological polar surface area (TPSA) is 44.8 Å². The van der Waals surface area contributed by atoms with E-state index in [0.29, 0.717) is 0 Å². The zero-order chi connectivity index (χ0) is 16.1. The van der Waals surface area contributed by atoms with Crippen molar-refractivity contribution >= 4 is 0 Å². The molecule has 0 aliphatic carbocycles. The second-order valence-electron chi connectivity index (χ2n) is 5.63. The van der Waals surface area contributed by atoms with Crippen molar-refractivity contribution in [2.45, 2.75) is 13.0 Å². The maximum atomic E-state index is 13.0. The van der Waals surface area contributed by atoms with Gasteiger partial charge in [0, 0.05) is 36.7 Å². The van der Waals surface area contributed by atoms with Crippen LogP contribution in [0.25, 0.3) is 11.3 Å². The van der Waals surface area contributed by atoms with E-state index in [-0.39, 0.29) is 5.82 Å². The Balaban J connectivity index is 1.57. The number of likely N-dealkylation sites (N-methyl/N-ethyl adjacent to an activating group) is 1. The minimum Gasteiger partial charge on any atom is -0.300 e. The zero-order valence-electron chi connectivity index (χ0n) is 13.0. The molecule has 3 rings (SSSR count). The Kier molecular flexibility index (Phi) is 4.78. The monoisotopic (exact) mass is 310 g/mol. The highest BCUT2D eigenvalue weighted by Crippen LogP contribution is 2.18. The number of hydrogen-bond acceptors (Lipinski definition) is 3. The summed E-state index contributed by atoms with van der Waals surface area (Å²) in [7, 11) is 2.08. The van der Waals surface area contributed by atoms with Crippen LogP contribution >= 0.6 is 0 Å². The summed E-state index contributed by atoms with van der Waals surface area (Å²) in [4.78, 5) is 6.27. The van der Waals surface area contributed by atoms with Gasteiger partial charge in [-0.05, 0) is 61.5 Å². The van der Waals surface area contributed by atoms with E-state index in [9.17, 15) is 4.39 Å². The minimum absolute atomic E-state index is 0.236. The fourth-order valence-electron chi connectivity index (χ4n) is 2.45. The molecule has 0 bridgehead atoms. The van der Waals surface area contributed by atoms with Crippen LogP contribution in [0.1, 0.15) is 11.3 Å². The molecule has 1 N–H and O–H groups in total. The molecule has 3 aromatic rings. The van der Waals surface area contributed by atoms with Gasteiger partial charge in [-0.3, -0.25) is 10.1 Å². The van der Waals surface area contributed by atoms with Crippen molar-refractivity contribution in [1.82, 2.24) is 20.1 Å². The van der Waals surface area contributed by atoms with Crippen LogP contribution in [0.3, 0.4) is 0 Å². The van der Waals surface area contributed by atoms with E-state index >= 15 is 0 Å². The van der Waals surface area contributed by atoms with Gasteiger partial charge in [0.05, 0.1) is 5.69 Å². The first-order chi connectivity index (χ1) is 11.2. The summed E-state index contributed by atoms with van der Waals surface area (Å²) in [6.45, 7) is 1.74. The van der Waals surface area contributed by atoms with E-state index in [1.165, 1.54) is 17.7 Å². The number of hydrogen-bond donors (Lipinski definition) is 1. The van der Waals surface area contributed by atoms with Crippen LogP contribution in [0.4, 0.5) is 4.39 Å². The van der Waals surface area contributed by atoms with Crippen LogP contribution in [0.15, 0.2) is 54.9 Å². The molecule has 0 amide bonds. The highest BCUT2D eigenvalue weighted by Gasteiger charge is 2.07. The molecule has 23 heavy (non-hydrogen) atoms. The number of benzene rings is 1. The molecule has 2 heterocycles. The van der Waals surface area contributed by atoms with Gasteiger partial charge in [-0.25, -0.2) is 4.39 Å². The van der Waals surface area contributed by atoms with Crippen molar-refractivity contribution in [3.05, 3.63) is 71.9 Å². The minimum atomic E-state index is -0.236. The fraction of sp³-hybridized carbons (Fsp3) is 0.222. The Labute approximate surface area is 135 Å². The molecule has 4 nitrogen and oxygen atoms in total. The van der Waals surface area contributed by atoms with Crippen molar-refractivity contribution in [3.63, 3.8) is 0 Å². The quantitative estimate of drug-likeness (QED) is 0.760. The van der Waals surface area contributed by atoms with E-state index < -0.39 is 0 Å². The summed E-state index contributed by atoms with van der Waals surface area (Å²) in [5.74, 6) is -0.236. The van der Waals surface area contributed by atoms with Gasteiger partial charge in [0.15, 0.2) is 0 Å². The van der Waals surface area contributed by atoms with Gasteiger partial charge in [0.1, 0.15) is 5.82 Å². The Bertz CT molecular complexity index is 737. The lowest BCUT2D eigenvalue weighted by Gasteiger charge is -2.15. The highest BCUT2D eigenvalue weighted by atomic mass is 19.1. The third-order valence-electron chi connectivity index (χ3n) is 3.74. The Morgan fingerprint density at radius 1 is 1.09 bits per heavy atom. The van der Waals surface area contributed by atoms with Gasteiger partial charge in [-0.15, -0.1) is 0 Å². The molecule has 118 valence electrons. The van der Waals surface area contributed by atoms with Crippen LogP contribution in [-0.4, -0.2) is 33.7 Å². The van der Waals surface area contributed by atoms with Crippen molar-refractivity contribution < 1.29 is 4.39 Å². The molecular formula is C18H19FN4. The third kappa shape index (κ3) is 4.23. The Morgan fingerprint density at radius 2 is 1.83 bits per heavy atom. The molecule has 5 heteroatoms. The van der Waals surface area contributed by atoms with Crippen LogP contribution in [0.5, 0.6) is 0 Å². The molecule has 0 aliphatic rings. The normalized spacial score (nSPS) is 11.1. The summed E-state index contributed by atoms with van der Waals surface area (Å²) >= 11 is 0. The smallest absolute Gasteiger partial charge is 0.123 e. The summed E-state index contributed by atoms with van der Waals surface area (Å²) in [5, 5.41) is 7.36. The first-order valence-corrected chi connectivity index (χ1v) is 7.58. The second-order valence-corrected chi connectivity index (χ2v) is 5.63. The van der Waals surface area contributed by atoms with Gasteiger partial charge in [-0.1, -0.05) is 0 Å². The molecule has 0 saturated heterocycles. The number of rotatable bonds is 6. The van der Waals surface area contributed by atoms with Crippen molar-refractivity contribution in [2.24, 2.45) is 0 Å². The van der Waals surface area contributed by atoms with E-state index in [1.54, 1.807) is 12.1 Å². The molecule has 0 saturated carbocycles. The summed E-state index contributed by atoms with van der Waals surface area (Å²) in [6, 6.07) is 12.5. The number of pyridine rings is 1. The molecular weight excluding hydrogens is 291 g/mol. The Hall–Kier alpha value is -2.53. The van der Waals surface area contributed by atoms with Gasteiger partial charge in [-0.2, -0.15) is 5.10 Å². The third-order valence-corrected chi connectivity index (χ3v) is 3.74. The van der Waals surface area contributed by atoms with E-state index in [2.05, 4.69) is 27.1 Å². The van der Waals surface area contributed by atoms with E-state index in [4.69, 9.17) is 0 Å². The molecule has 0 radical (unpaired) electrons.